The maximum Gasteiger partial charge on any atom is 0.322 e. The topological polar surface area (TPSA) is 120 Å². The van der Waals surface area contributed by atoms with E-state index in [1.807, 2.05) is 6.07 Å². The fraction of sp³-hybridized carbons (Fsp3) is 0.360. The summed E-state index contributed by atoms with van der Waals surface area (Å²) in [5.74, 6) is -1.16. The van der Waals surface area contributed by atoms with Crippen LogP contribution in [0.2, 0.25) is 0 Å². The highest BCUT2D eigenvalue weighted by Gasteiger charge is 2.53. The Hall–Kier alpha value is -4.19. The number of rotatable bonds is 5. The summed E-state index contributed by atoms with van der Waals surface area (Å²) in [6, 6.07) is 7.59. The molecule has 2 aromatic heterocycles. The average molecular weight is 509 g/mol. The molecule has 0 unspecified atom stereocenters. The number of carbonyl (C=O) groups excluding carboxylic acids is 3. The minimum absolute atomic E-state index is 0.0462. The molecule has 2 fully saturated rings. The van der Waals surface area contributed by atoms with E-state index >= 15 is 0 Å². The highest BCUT2D eigenvalue weighted by atomic mass is 19.1. The van der Waals surface area contributed by atoms with Gasteiger partial charge in [-0.05, 0) is 30.8 Å². The molecule has 1 atom stereocenters. The third kappa shape index (κ3) is 3.67. The lowest BCUT2D eigenvalue weighted by molar-refractivity contribution is -0.125. The molecule has 2 saturated heterocycles. The van der Waals surface area contributed by atoms with Crippen molar-refractivity contribution in [3.8, 4) is 5.75 Å². The summed E-state index contributed by atoms with van der Waals surface area (Å²) >= 11 is 0. The monoisotopic (exact) mass is 508 g/mol. The van der Waals surface area contributed by atoms with Crippen LogP contribution in [-0.2, 0) is 16.9 Å². The van der Waals surface area contributed by atoms with Crippen molar-refractivity contribution in [3.05, 3.63) is 53.0 Å². The lowest BCUT2D eigenvalue weighted by atomic mass is 9.95. The van der Waals surface area contributed by atoms with Gasteiger partial charge in [-0.2, -0.15) is 0 Å². The number of ether oxygens (including phenoxy) is 1. The van der Waals surface area contributed by atoms with E-state index in [1.54, 1.807) is 18.2 Å². The van der Waals surface area contributed by atoms with Gasteiger partial charge in [0.1, 0.15) is 17.1 Å². The summed E-state index contributed by atoms with van der Waals surface area (Å²) in [5, 5.41) is 4.88. The molecule has 37 heavy (non-hydrogen) atoms. The molecule has 5 heterocycles. The van der Waals surface area contributed by atoms with E-state index in [0.29, 0.717) is 16.7 Å². The highest BCUT2D eigenvalue weighted by molar-refractivity contribution is 6.08. The molecule has 0 saturated carbocycles. The standard InChI is InChI=1S/C25H25FN6O5/c1-30-7-9-31(10-8-30)19-6-5-16-15(27-19)11-18(37-16)25(23(34)28-24(35)29-25)13-32-12-14-3-4-17(36-2)21(26)20(14)22(32)33/h3-6,11H,7-10,12-13H2,1-2H3,(H2,28,29,34,35)/t25-/m0/s1. The van der Waals surface area contributed by atoms with Crippen molar-refractivity contribution >= 4 is 34.8 Å². The molecule has 3 aliphatic heterocycles. The fourth-order valence-corrected chi connectivity index (χ4v) is 5.16. The first kappa shape index (κ1) is 23.2. The molecule has 2 N–H and O–H groups in total. The molecule has 0 aliphatic carbocycles. The summed E-state index contributed by atoms with van der Waals surface area (Å²) < 4.78 is 25.9. The number of likely N-dealkylation sites (N-methyl/N-ethyl adjacent to an activating group) is 1. The van der Waals surface area contributed by atoms with E-state index < -0.39 is 29.2 Å². The minimum atomic E-state index is -1.70. The molecule has 3 aromatic rings. The van der Waals surface area contributed by atoms with Crippen LogP contribution in [0.15, 0.2) is 34.7 Å². The number of furan rings is 1. The maximum atomic E-state index is 14.9. The zero-order valence-electron chi connectivity index (χ0n) is 20.3. The van der Waals surface area contributed by atoms with Crippen LogP contribution in [0.5, 0.6) is 5.75 Å². The third-order valence-electron chi connectivity index (χ3n) is 7.25. The van der Waals surface area contributed by atoms with E-state index in [9.17, 15) is 18.8 Å². The van der Waals surface area contributed by atoms with Crippen LogP contribution in [-0.4, -0.2) is 79.5 Å². The van der Waals surface area contributed by atoms with Crippen molar-refractivity contribution in [1.82, 2.24) is 25.4 Å². The number of nitrogens with zero attached hydrogens (tertiary/aromatic N) is 4. The lowest BCUT2D eigenvalue weighted by Crippen LogP contribution is -2.52. The summed E-state index contributed by atoms with van der Waals surface area (Å²) in [4.78, 5) is 49.1. The third-order valence-corrected chi connectivity index (χ3v) is 7.25. The Bertz CT molecular complexity index is 1450. The van der Waals surface area contributed by atoms with Gasteiger partial charge in [-0.3, -0.25) is 14.9 Å². The number of hydrogen-bond acceptors (Lipinski definition) is 8. The lowest BCUT2D eigenvalue weighted by Gasteiger charge is -2.33. The number of nitrogens with one attached hydrogen (secondary N) is 2. The number of pyridine rings is 1. The second-order valence-corrected chi connectivity index (χ2v) is 9.54. The van der Waals surface area contributed by atoms with Gasteiger partial charge in [0.05, 0.1) is 19.2 Å². The number of hydrogen-bond donors (Lipinski definition) is 2. The smallest absolute Gasteiger partial charge is 0.322 e. The van der Waals surface area contributed by atoms with Gasteiger partial charge in [-0.15, -0.1) is 0 Å². The van der Waals surface area contributed by atoms with Crippen LogP contribution in [0.1, 0.15) is 21.7 Å². The van der Waals surface area contributed by atoms with Gasteiger partial charge < -0.3 is 29.2 Å². The number of fused-ring (bicyclic) bond motifs is 2. The SMILES string of the molecule is COc1ccc2c(c1F)C(=O)N(C[C@@]1(c3cc4nc(N5CCN(C)CC5)ccc4o3)NC(=O)NC1=O)C2. The Balaban J connectivity index is 1.34. The number of methoxy groups -OCH3 is 1. The van der Waals surface area contributed by atoms with Crippen molar-refractivity contribution in [2.45, 2.75) is 12.1 Å². The van der Waals surface area contributed by atoms with Crippen molar-refractivity contribution in [3.63, 3.8) is 0 Å². The largest absolute Gasteiger partial charge is 0.494 e. The predicted octanol–water partition coefficient (Wildman–Crippen LogP) is 1.42. The number of aromatic nitrogens is 1. The van der Waals surface area contributed by atoms with E-state index in [2.05, 4.69) is 27.5 Å². The van der Waals surface area contributed by atoms with E-state index in [-0.39, 0.29) is 30.2 Å². The van der Waals surface area contributed by atoms with Crippen LogP contribution in [0.3, 0.4) is 0 Å². The molecule has 4 amide bonds. The van der Waals surface area contributed by atoms with Gasteiger partial charge in [0.15, 0.2) is 22.7 Å². The average Bonchev–Trinajstić information content (AvgIpc) is 3.53. The molecule has 12 heteroatoms. The first-order valence-corrected chi connectivity index (χ1v) is 11.9. The number of urea groups is 1. The van der Waals surface area contributed by atoms with Gasteiger partial charge in [0.2, 0.25) is 0 Å². The van der Waals surface area contributed by atoms with Gasteiger partial charge in [-0.1, -0.05) is 6.07 Å². The molecule has 1 aromatic carbocycles. The summed E-state index contributed by atoms with van der Waals surface area (Å²) in [7, 11) is 3.39. The number of imide groups is 1. The number of piperazine rings is 1. The second-order valence-electron chi connectivity index (χ2n) is 9.54. The molecular weight excluding hydrogens is 483 g/mol. The molecule has 0 bridgehead atoms. The number of amides is 4. The highest BCUT2D eigenvalue weighted by Crippen LogP contribution is 2.36. The maximum absolute atomic E-state index is 14.9. The second kappa shape index (κ2) is 8.44. The normalized spacial score (nSPS) is 22.0. The van der Waals surface area contributed by atoms with E-state index in [1.165, 1.54) is 18.1 Å². The Kier molecular flexibility index (Phi) is 5.30. The summed E-state index contributed by atoms with van der Waals surface area (Å²) in [6.45, 7) is 3.31. The van der Waals surface area contributed by atoms with Crippen LogP contribution in [0.4, 0.5) is 15.0 Å². The van der Waals surface area contributed by atoms with Crippen LogP contribution in [0, 0.1) is 5.82 Å². The van der Waals surface area contributed by atoms with Gasteiger partial charge in [0.25, 0.3) is 11.8 Å². The fourth-order valence-electron chi connectivity index (χ4n) is 5.16. The molecular formula is C25H25FN6O5. The first-order valence-electron chi connectivity index (χ1n) is 11.9. The molecule has 192 valence electrons. The number of anilines is 1. The van der Waals surface area contributed by atoms with Crippen LogP contribution < -0.4 is 20.3 Å². The van der Waals surface area contributed by atoms with Crippen molar-refractivity contribution in [2.75, 3.05) is 51.8 Å². The van der Waals surface area contributed by atoms with Gasteiger partial charge in [-0.25, -0.2) is 14.2 Å². The molecule has 0 radical (unpaired) electrons. The van der Waals surface area contributed by atoms with Crippen molar-refractivity contribution in [2.24, 2.45) is 0 Å². The molecule has 6 rings (SSSR count). The van der Waals surface area contributed by atoms with Gasteiger partial charge in [0, 0.05) is 38.8 Å². The van der Waals surface area contributed by atoms with Crippen LogP contribution in [0.25, 0.3) is 11.1 Å². The Morgan fingerprint density at radius 3 is 2.62 bits per heavy atom. The quantitative estimate of drug-likeness (QED) is 0.497. The van der Waals surface area contributed by atoms with Crippen LogP contribution >= 0.6 is 0 Å². The zero-order valence-corrected chi connectivity index (χ0v) is 20.3. The summed E-state index contributed by atoms with van der Waals surface area (Å²) in [5.41, 5.74) is -0.391. The van der Waals surface area contributed by atoms with E-state index in [0.717, 1.165) is 32.0 Å². The Morgan fingerprint density at radius 2 is 1.92 bits per heavy atom. The minimum Gasteiger partial charge on any atom is -0.494 e. The zero-order chi connectivity index (χ0) is 25.9. The van der Waals surface area contributed by atoms with Crippen molar-refractivity contribution in [1.29, 1.82) is 0 Å². The Labute approximate surface area is 211 Å². The number of carbonyl (C=O) groups is 3. The first-order chi connectivity index (χ1) is 17.8. The van der Waals surface area contributed by atoms with Gasteiger partial charge >= 0.3 is 6.03 Å². The van der Waals surface area contributed by atoms with Crippen molar-refractivity contribution < 1.29 is 27.9 Å². The predicted molar refractivity (Wildman–Crippen MR) is 130 cm³/mol. The van der Waals surface area contributed by atoms with E-state index in [4.69, 9.17) is 14.1 Å². The number of halogens is 1. The number of benzene rings is 1. The molecule has 3 aliphatic rings. The summed E-state index contributed by atoms with van der Waals surface area (Å²) in [6.07, 6.45) is 0. The Morgan fingerprint density at radius 1 is 1.14 bits per heavy atom. The molecule has 11 nitrogen and oxygen atoms in total. The molecule has 0 spiro atoms.